The molecule has 4 heterocycles. The summed E-state index contributed by atoms with van der Waals surface area (Å²) in [5.74, 6) is 1.27. The van der Waals surface area contributed by atoms with Crippen LogP contribution >= 0.6 is 0 Å². The van der Waals surface area contributed by atoms with Crippen molar-refractivity contribution < 1.29 is 9.53 Å². The molecule has 4 nitrogen and oxygen atoms in total. The lowest BCUT2D eigenvalue weighted by Crippen LogP contribution is -2.53. The van der Waals surface area contributed by atoms with Crippen molar-refractivity contribution in [3.63, 3.8) is 0 Å². The third-order valence-corrected chi connectivity index (χ3v) is 6.39. The zero-order valence-corrected chi connectivity index (χ0v) is 15.3. The van der Waals surface area contributed by atoms with Gasteiger partial charge in [0, 0.05) is 6.54 Å². The van der Waals surface area contributed by atoms with Crippen LogP contribution in [-0.2, 0) is 9.53 Å². The average molecular weight is 342 g/mol. The molecule has 136 valence electrons. The minimum Gasteiger partial charge on any atom is -0.459 e. The Hall–Kier alpha value is -1.39. The highest BCUT2D eigenvalue weighted by Gasteiger charge is 2.39. The normalized spacial score (nSPS) is 31.6. The van der Waals surface area contributed by atoms with Crippen LogP contribution < -0.4 is 0 Å². The van der Waals surface area contributed by atoms with E-state index in [1.54, 1.807) is 0 Å². The number of rotatable bonds is 4. The van der Waals surface area contributed by atoms with E-state index in [0.29, 0.717) is 5.92 Å². The van der Waals surface area contributed by atoms with E-state index in [1.165, 1.54) is 25.9 Å². The van der Waals surface area contributed by atoms with Crippen molar-refractivity contribution in [2.45, 2.75) is 44.8 Å². The largest absolute Gasteiger partial charge is 0.459 e. The summed E-state index contributed by atoms with van der Waals surface area (Å²) >= 11 is 0. The van der Waals surface area contributed by atoms with Gasteiger partial charge in [0.25, 0.3) is 0 Å². The van der Waals surface area contributed by atoms with Crippen LogP contribution in [0.2, 0.25) is 0 Å². The fourth-order valence-electron chi connectivity index (χ4n) is 4.68. The third-order valence-electron chi connectivity index (χ3n) is 6.39. The number of hydrogen-bond acceptors (Lipinski definition) is 4. The molecular weight excluding hydrogens is 312 g/mol. The zero-order valence-electron chi connectivity index (χ0n) is 15.3. The number of ether oxygens (including phenoxy) is 1. The SMILES string of the molecule is CC1CCN(C(C(=O)OC2CN3CCC2CC3)c2ccccc2)CC1. The molecule has 2 unspecified atom stereocenters. The van der Waals surface area contributed by atoms with E-state index >= 15 is 0 Å². The summed E-state index contributed by atoms with van der Waals surface area (Å²) in [6.07, 6.45) is 4.77. The lowest BCUT2D eigenvalue weighted by molar-refractivity contribution is -0.166. The molecule has 5 rings (SSSR count). The first-order valence-electron chi connectivity index (χ1n) is 9.92. The molecule has 0 spiro atoms. The van der Waals surface area contributed by atoms with Crippen molar-refractivity contribution >= 4 is 5.97 Å². The Morgan fingerprint density at radius 2 is 1.72 bits per heavy atom. The van der Waals surface area contributed by atoms with Crippen LogP contribution in [0.15, 0.2) is 30.3 Å². The smallest absolute Gasteiger partial charge is 0.328 e. The fraction of sp³-hybridized carbons (Fsp3) is 0.667. The van der Waals surface area contributed by atoms with Gasteiger partial charge < -0.3 is 4.74 Å². The predicted molar refractivity (Wildman–Crippen MR) is 98.2 cm³/mol. The number of carbonyl (C=O) groups excluding carboxylic acids is 1. The van der Waals surface area contributed by atoms with Gasteiger partial charge >= 0.3 is 5.97 Å². The lowest BCUT2D eigenvalue weighted by Gasteiger charge is -2.44. The van der Waals surface area contributed by atoms with Crippen molar-refractivity contribution in [2.24, 2.45) is 11.8 Å². The summed E-state index contributed by atoms with van der Waals surface area (Å²) in [5.41, 5.74) is 1.07. The molecule has 1 aromatic rings. The Morgan fingerprint density at radius 1 is 1.04 bits per heavy atom. The number of esters is 1. The van der Waals surface area contributed by atoms with E-state index in [0.717, 1.165) is 44.0 Å². The molecule has 4 aliphatic rings. The highest BCUT2D eigenvalue weighted by atomic mass is 16.5. The van der Waals surface area contributed by atoms with Crippen molar-refractivity contribution in [1.29, 1.82) is 0 Å². The van der Waals surface area contributed by atoms with Gasteiger partial charge in [-0.2, -0.15) is 0 Å². The number of hydrogen-bond donors (Lipinski definition) is 0. The quantitative estimate of drug-likeness (QED) is 0.787. The first-order valence-corrected chi connectivity index (χ1v) is 9.92. The van der Waals surface area contributed by atoms with Gasteiger partial charge in [-0.15, -0.1) is 0 Å². The fourth-order valence-corrected chi connectivity index (χ4v) is 4.68. The second-order valence-corrected chi connectivity index (χ2v) is 8.15. The molecule has 0 radical (unpaired) electrons. The zero-order chi connectivity index (χ0) is 17.2. The van der Waals surface area contributed by atoms with Gasteiger partial charge in [-0.3, -0.25) is 9.80 Å². The van der Waals surface area contributed by atoms with E-state index in [-0.39, 0.29) is 18.1 Å². The second kappa shape index (κ2) is 7.46. The number of piperidine rings is 4. The van der Waals surface area contributed by atoms with Crippen LogP contribution in [-0.4, -0.2) is 54.6 Å². The van der Waals surface area contributed by atoms with E-state index < -0.39 is 0 Å². The number of benzene rings is 1. The molecule has 0 aromatic heterocycles. The lowest BCUT2D eigenvalue weighted by atomic mass is 9.86. The van der Waals surface area contributed by atoms with Crippen molar-refractivity contribution in [3.05, 3.63) is 35.9 Å². The number of fused-ring (bicyclic) bond motifs is 3. The van der Waals surface area contributed by atoms with Gasteiger partial charge in [0.15, 0.2) is 0 Å². The van der Waals surface area contributed by atoms with Crippen LogP contribution in [0.5, 0.6) is 0 Å². The summed E-state index contributed by atoms with van der Waals surface area (Å²) in [5, 5.41) is 0. The summed E-state index contributed by atoms with van der Waals surface area (Å²) in [6, 6.07) is 9.95. The molecule has 0 saturated carbocycles. The number of nitrogens with zero attached hydrogens (tertiary/aromatic N) is 2. The summed E-state index contributed by atoms with van der Waals surface area (Å²) in [4.78, 5) is 18.0. The Labute approximate surface area is 151 Å². The minimum atomic E-state index is -0.246. The van der Waals surface area contributed by atoms with Crippen LogP contribution in [0.25, 0.3) is 0 Å². The molecule has 25 heavy (non-hydrogen) atoms. The van der Waals surface area contributed by atoms with E-state index in [1.807, 2.05) is 18.2 Å². The molecule has 0 N–H and O–H groups in total. The first-order chi connectivity index (χ1) is 12.2. The van der Waals surface area contributed by atoms with Crippen LogP contribution in [0.3, 0.4) is 0 Å². The molecule has 2 bridgehead atoms. The van der Waals surface area contributed by atoms with E-state index in [2.05, 4.69) is 28.9 Å². The summed E-state index contributed by atoms with van der Waals surface area (Å²) in [6.45, 7) is 7.54. The van der Waals surface area contributed by atoms with E-state index in [9.17, 15) is 4.79 Å². The first kappa shape index (κ1) is 17.0. The Kier molecular flexibility index (Phi) is 5.09. The molecule has 4 saturated heterocycles. The Morgan fingerprint density at radius 3 is 2.32 bits per heavy atom. The van der Waals surface area contributed by atoms with Gasteiger partial charge in [-0.25, -0.2) is 4.79 Å². The van der Waals surface area contributed by atoms with E-state index in [4.69, 9.17) is 4.74 Å². The molecule has 4 fully saturated rings. The van der Waals surface area contributed by atoms with Gasteiger partial charge in [0.05, 0.1) is 0 Å². The Balaban J connectivity index is 1.50. The average Bonchev–Trinajstić information content (AvgIpc) is 2.65. The van der Waals surface area contributed by atoms with Crippen molar-refractivity contribution in [2.75, 3.05) is 32.7 Å². The molecule has 0 aliphatic carbocycles. The maximum Gasteiger partial charge on any atom is 0.328 e. The molecule has 4 heteroatoms. The topological polar surface area (TPSA) is 32.8 Å². The van der Waals surface area contributed by atoms with Crippen LogP contribution in [0.4, 0.5) is 0 Å². The van der Waals surface area contributed by atoms with Gasteiger partial charge in [0.1, 0.15) is 12.1 Å². The van der Waals surface area contributed by atoms with Crippen molar-refractivity contribution in [3.8, 4) is 0 Å². The monoisotopic (exact) mass is 342 g/mol. The number of likely N-dealkylation sites (tertiary alicyclic amines) is 1. The molecule has 1 aromatic carbocycles. The van der Waals surface area contributed by atoms with Gasteiger partial charge in [-0.1, -0.05) is 37.3 Å². The highest BCUT2D eigenvalue weighted by molar-refractivity contribution is 5.78. The molecular formula is C21H30N2O2. The summed E-state index contributed by atoms with van der Waals surface area (Å²) < 4.78 is 6.10. The third kappa shape index (κ3) is 3.75. The molecule has 0 amide bonds. The van der Waals surface area contributed by atoms with Crippen LogP contribution in [0.1, 0.15) is 44.2 Å². The van der Waals surface area contributed by atoms with Crippen molar-refractivity contribution in [1.82, 2.24) is 9.80 Å². The van der Waals surface area contributed by atoms with Gasteiger partial charge in [-0.05, 0) is 69.3 Å². The molecule has 2 atom stereocenters. The van der Waals surface area contributed by atoms with Crippen LogP contribution in [0, 0.1) is 11.8 Å². The number of carbonyl (C=O) groups is 1. The highest BCUT2D eigenvalue weighted by Crippen LogP contribution is 2.33. The maximum atomic E-state index is 13.2. The Bertz CT molecular complexity index is 575. The molecule has 4 aliphatic heterocycles. The minimum absolute atomic E-state index is 0.0421. The summed E-state index contributed by atoms with van der Waals surface area (Å²) in [7, 11) is 0. The predicted octanol–water partition coefficient (Wildman–Crippen LogP) is 3.10. The van der Waals surface area contributed by atoms with Gasteiger partial charge in [0.2, 0.25) is 0 Å². The standard InChI is InChI=1S/C21H30N2O2/c1-16-7-13-23(14-8-16)20(18-5-3-2-4-6-18)21(24)25-19-15-22-11-9-17(19)10-12-22/h2-6,16-17,19-20H,7-15H2,1H3. The maximum absolute atomic E-state index is 13.2. The second-order valence-electron chi connectivity index (χ2n) is 8.15.